The van der Waals surface area contributed by atoms with E-state index in [0.29, 0.717) is 18.3 Å². The predicted octanol–water partition coefficient (Wildman–Crippen LogP) is 1.86. The molecule has 0 aliphatic rings. The van der Waals surface area contributed by atoms with Crippen LogP contribution in [0.4, 0.5) is 0 Å². The fourth-order valence-corrected chi connectivity index (χ4v) is 1.34. The Hall–Kier alpha value is -0.970. The van der Waals surface area contributed by atoms with E-state index < -0.39 is 6.10 Å². The van der Waals surface area contributed by atoms with Gasteiger partial charge in [-0.3, -0.25) is 0 Å². The summed E-state index contributed by atoms with van der Waals surface area (Å²) in [6, 6.07) is 5.37. The third-order valence-corrected chi connectivity index (χ3v) is 2.37. The number of aromatic hydroxyl groups is 1. The van der Waals surface area contributed by atoms with Crippen LogP contribution < -0.4 is 10.1 Å². The third kappa shape index (κ3) is 6.10. The molecular weight excluding hydrogens is 254 g/mol. The van der Waals surface area contributed by atoms with E-state index in [1.807, 2.05) is 13.8 Å². The first-order valence-corrected chi connectivity index (χ1v) is 5.83. The Balaban J connectivity index is 0.00000289. The molecule has 5 heteroatoms. The zero-order valence-electron chi connectivity index (χ0n) is 11.0. The molecule has 0 aromatic heterocycles. The van der Waals surface area contributed by atoms with Crippen LogP contribution in [-0.2, 0) is 0 Å². The number of hydrogen-bond donors (Lipinski definition) is 3. The van der Waals surface area contributed by atoms with E-state index in [1.165, 1.54) is 0 Å². The van der Waals surface area contributed by atoms with Gasteiger partial charge in [-0.05, 0) is 30.7 Å². The molecule has 0 saturated carbocycles. The van der Waals surface area contributed by atoms with Crippen LogP contribution in [0.3, 0.4) is 0 Å². The first kappa shape index (κ1) is 17.0. The lowest BCUT2D eigenvalue weighted by Crippen LogP contribution is -2.35. The number of nitrogens with one attached hydrogen (secondary N) is 1. The summed E-state index contributed by atoms with van der Waals surface area (Å²) in [5, 5.41) is 22.1. The quantitative estimate of drug-likeness (QED) is 0.742. The highest BCUT2D eigenvalue weighted by Gasteiger charge is 2.06. The summed E-state index contributed by atoms with van der Waals surface area (Å²) in [4.78, 5) is 0. The SMILES string of the molecule is Cc1cc(OCC(O)CNC(C)C)ccc1O.Cl. The molecule has 0 bridgehead atoms. The largest absolute Gasteiger partial charge is 0.508 e. The fraction of sp³-hybridized carbons (Fsp3) is 0.538. The van der Waals surface area contributed by atoms with Crippen molar-refractivity contribution in [3.8, 4) is 11.5 Å². The van der Waals surface area contributed by atoms with E-state index in [-0.39, 0.29) is 24.8 Å². The van der Waals surface area contributed by atoms with Gasteiger partial charge in [-0.2, -0.15) is 0 Å². The minimum atomic E-state index is -0.536. The summed E-state index contributed by atoms with van der Waals surface area (Å²) in [6.07, 6.45) is -0.536. The normalized spacial score (nSPS) is 12.1. The van der Waals surface area contributed by atoms with Crippen molar-refractivity contribution in [1.82, 2.24) is 5.32 Å². The predicted molar refractivity (Wildman–Crippen MR) is 74.7 cm³/mol. The second kappa shape index (κ2) is 8.19. The molecule has 1 aromatic carbocycles. The molecule has 18 heavy (non-hydrogen) atoms. The average Bonchev–Trinajstić information content (AvgIpc) is 2.28. The van der Waals surface area contributed by atoms with Gasteiger partial charge in [0.2, 0.25) is 0 Å². The summed E-state index contributed by atoms with van der Waals surface area (Å²) >= 11 is 0. The van der Waals surface area contributed by atoms with Gasteiger partial charge >= 0.3 is 0 Å². The smallest absolute Gasteiger partial charge is 0.119 e. The molecule has 0 amide bonds. The van der Waals surface area contributed by atoms with E-state index in [1.54, 1.807) is 25.1 Å². The first-order chi connectivity index (χ1) is 7.99. The summed E-state index contributed by atoms with van der Waals surface area (Å²) in [5.41, 5.74) is 0.761. The van der Waals surface area contributed by atoms with Crippen LogP contribution in [-0.4, -0.2) is 35.5 Å². The Kier molecular flexibility index (Phi) is 7.75. The number of hydrogen-bond acceptors (Lipinski definition) is 4. The lowest BCUT2D eigenvalue weighted by atomic mass is 10.2. The van der Waals surface area contributed by atoms with Crippen LogP contribution in [0.25, 0.3) is 0 Å². The van der Waals surface area contributed by atoms with Gasteiger partial charge in [0.1, 0.15) is 24.2 Å². The van der Waals surface area contributed by atoms with Crippen LogP contribution in [0.15, 0.2) is 18.2 Å². The Morgan fingerprint density at radius 2 is 2.00 bits per heavy atom. The van der Waals surface area contributed by atoms with E-state index in [9.17, 15) is 10.2 Å². The highest BCUT2D eigenvalue weighted by Crippen LogP contribution is 2.21. The molecule has 3 N–H and O–H groups in total. The van der Waals surface area contributed by atoms with Crippen molar-refractivity contribution in [3.63, 3.8) is 0 Å². The van der Waals surface area contributed by atoms with E-state index in [4.69, 9.17) is 4.74 Å². The monoisotopic (exact) mass is 275 g/mol. The maximum Gasteiger partial charge on any atom is 0.119 e. The van der Waals surface area contributed by atoms with Crippen molar-refractivity contribution in [3.05, 3.63) is 23.8 Å². The van der Waals surface area contributed by atoms with Gasteiger partial charge in [-0.25, -0.2) is 0 Å². The summed E-state index contributed by atoms with van der Waals surface area (Å²) in [6.45, 7) is 6.60. The molecule has 1 atom stereocenters. The van der Waals surface area contributed by atoms with Crippen molar-refractivity contribution >= 4 is 12.4 Å². The molecule has 0 aliphatic heterocycles. The van der Waals surface area contributed by atoms with Crippen molar-refractivity contribution in [2.24, 2.45) is 0 Å². The zero-order chi connectivity index (χ0) is 12.8. The summed E-state index contributed by atoms with van der Waals surface area (Å²) < 4.78 is 5.43. The number of phenolic OH excluding ortho intramolecular Hbond substituents is 1. The van der Waals surface area contributed by atoms with E-state index in [0.717, 1.165) is 5.56 Å². The topological polar surface area (TPSA) is 61.7 Å². The lowest BCUT2D eigenvalue weighted by molar-refractivity contribution is 0.104. The lowest BCUT2D eigenvalue weighted by Gasteiger charge is -2.15. The van der Waals surface area contributed by atoms with Gasteiger partial charge in [0.15, 0.2) is 0 Å². The zero-order valence-corrected chi connectivity index (χ0v) is 11.8. The molecule has 104 valence electrons. The first-order valence-electron chi connectivity index (χ1n) is 5.83. The third-order valence-electron chi connectivity index (χ3n) is 2.37. The molecule has 1 rings (SSSR count). The summed E-state index contributed by atoms with van der Waals surface area (Å²) in [5.74, 6) is 0.906. The minimum Gasteiger partial charge on any atom is -0.508 e. The van der Waals surface area contributed by atoms with E-state index in [2.05, 4.69) is 5.32 Å². The molecule has 4 nitrogen and oxygen atoms in total. The number of aliphatic hydroxyl groups excluding tert-OH is 1. The number of aliphatic hydroxyl groups is 1. The molecule has 0 radical (unpaired) electrons. The molecular formula is C13H22ClNO3. The molecule has 0 saturated heterocycles. The highest BCUT2D eigenvalue weighted by atomic mass is 35.5. The van der Waals surface area contributed by atoms with Crippen LogP contribution in [0.1, 0.15) is 19.4 Å². The van der Waals surface area contributed by atoms with Crippen LogP contribution >= 0.6 is 12.4 Å². The van der Waals surface area contributed by atoms with Crippen LogP contribution in [0.5, 0.6) is 11.5 Å². The Morgan fingerprint density at radius 3 is 2.56 bits per heavy atom. The molecule has 0 heterocycles. The molecule has 0 spiro atoms. The Bertz CT molecular complexity index is 358. The van der Waals surface area contributed by atoms with Gasteiger partial charge in [-0.1, -0.05) is 13.8 Å². The second-order valence-electron chi connectivity index (χ2n) is 4.48. The Labute approximate surface area is 114 Å². The standard InChI is InChI=1S/C13H21NO3.ClH/c1-9(2)14-7-11(15)8-17-12-4-5-13(16)10(3)6-12;/h4-6,9,11,14-16H,7-8H2,1-3H3;1H. The summed E-state index contributed by atoms with van der Waals surface area (Å²) in [7, 11) is 0. The second-order valence-corrected chi connectivity index (χ2v) is 4.48. The fourth-order valence-electron chi connectivity index (χ4n) is 1.34. The number of halogens is 1. The average molecular weight is 276 g/mol. The molecule has 1 aromatic rings. The van der Waals surface area contributed by atoms with Crippen molar-refractivity contribution < 1.29 is 14.9 Å². The number of benzene rings is 1. The molecule has 1 unspecified atom stereocenters. The van der Waals surface area contributed by atoms with Crippen molar-refractivity contribution in [1.29, 1.82) is 0 Å². The van der Waals surface area contributed by atoms with Crippen molar-refractivity contribution in [2.45, 2.75) is 32.9 Å². The number of aryl methyl sites for hydroxylation is 1. The maximum atomic E-state index is 9.65. The van der Waals surface area contributed by atoms with Crippen molar-refractivity contribution in [2.75, 3.05) is 13.2 Å². The number of rotatable bonds is 6. The van der Waals surface area contributed by atoms with E-state index >= 15 is 0 Å². The van der Waals surface area contributed by atoms with Gasteiger partial charge < -0.3 is 20.3 Å². The van der Waals surface area contributed by atoms with Gasteiger partial charge in [0.05, 0.1) is 0 Å². The minimum absolute atomic E-state index is 0. The maximum absolute atomic E-state index is 9.65. The van der Waals surface area contributed by atoms with Crippen LogP contribution in [0, 0.1) is 6.92 Å². The van der Waals surface area contributed by atoms with Gasteiger partial charge in [-0.15, -0.1) is 12.4 Å². The van der Waals surface area contributed by atoms with Crippen LogP contribution in [0.2, 0.25) is 0 Å². The number of ether oxygens (including phenoxy) is 1. The Morgan fingerprint density at radius 1 is 1.33 bits per heavy atom. The van der Waals surface area contributed by atoms with Gasteiger partial charge in [0.25, 0.3) is 0 Å². The molecule has 0 aliphatic carbocycles. The molecule has 0 fully saturated rings. The van der Waals surface area contributed by atoms with Gasteiger partial charge in [0, 0.05) is 12.6 Å². The highest BCUT2D eigenvalue weighted by molar-refractivity contribution is 5.85. The number of phenols is 1.